The van der Waals surface area contributed by atoms with Crippen molar-refractivity contribution in [3.63, 3.8) is 0 Å². The van der Waals surface area contributed by atoms with Gasteiger partial charge >= 0.3 is 0 Å². The van der Waals surface area contributed by atoms with Crippen molar-refractivity contribution in [1.29, 1.82) is 0 Å². The molecular formula is C56H50O3. The van der Waals surface area contributed by atoms with Crippen LogP contribution in [0, 0.1) is 6.92 Å². The van der Waals surface area contributed by atoms with E-state index in [-0.39, 0.29) is 0 Å². The van der Waals surface area contributed by atoms with Crippen molar-refractivity contribution in [2.45, 2.75) is 46.4 Å². The van der Waals surface area contributed by atoms with Gasteiger partial charge in [-0.2, -0.15) is 0 Å². The highest BCUT2D eigenvalue weighted by Gasteiger charge is 2.06. The van der Waals surface area contributed by atoms with Crippen molar-refractivity contribution in [2.24, 2.45) is 0 Å². The molecule has 8 rings (SSSR count). The first-order valence-corrected chi connectivity index (χ1v) is 20.4. The van der Waals surface area contributed by atoms with E-state index in [2.05, 4.69) is 201 Å². The zero-order chi connectivity index (χ0) is 40.2. The molecule has 0 bridgehead atoms. The quantitative estimate of drug-likeness (QED) is 0.0979. The van der Waals surface area contributed by atoms with Gasteiger partial charge in [0.2, 0.25) is 0 Å². The Morgan fingerprint density at radius 3 is 0.695 bits per heavy atom. The second kappa shape index (κ2) is 19.4. The van der Waals surface area contributed by atoms with E-state index in [1.54, 1.807) is 7.11 Å². The molecule has 0 unspecified atom stereocenters. The second-order valence-electron chi connectivity index (χ2n) is 15.3. The third kappa shape index (κ3) is 10.8. The number of aryl methyl sites for hydroxylation is 1. The summed E-state index contributed by atoms with van der Waals surface area (Å²) in [6.07, 6.45) is 0.918. The monoisotopic (exact) mass is 770 g/mol. The van der Waals surface area contributed by atoms with Gasteiger partial charge in [-0.25, -0.2) is 0 Å². The summed E-state index contributed by atoms with van der Waals surface area (Å²) in [5.41, 5.74) is 19.4. The highest BCUT2D eigenvalue weighted by molar-refractivity contribution is 5.67. The van der Waals surface area contributed by atoms with Gasteiger partial charge in [0, 0.05) is 7.11 Å². The molecule has 59 heavy (non-hydrogen) atoms. The molecule has 3 nitrogen and oxygen atoms in total. The lowest BCUT2D eigenvalue weighted by Crippen LogP contribution is -1.95. The summed E-state index contributed by atoms with van der Waals surface area (Å²) in [7, 11) is 1.72. The molecule has 8 aromatic carbocycles. The van der Waals surface area contributed by atoms with Crippen LogP contribution in [0.2, 0.25) is 0 Å². The largest absolute Gasteiger partial charge is 0.380 e. The number of methoxy groups -OCH3 is 1. The van der Waals surface area contributed by atoms with E-state index in [1.807, 2.05) is 0 Å². The molecule has 0 atom stereocenters. The SMILES string of the molecule is COCc1ccc(-c2ccc(COCc3ccc(-c4ccc(COCc5ccc(-c6ccc(Cc7ccc(-c8ccc(C)cc8)cc7)cc6)cc5)cc4)cc3)cc2)cc1. The van der Waals surface area contributed by atoms with E-state index in [1.165, 1.54) is 72.3 Å². The van der Waals surface area contributed by atoms with Crippen molar-refractivity contribution in [3.05, 3.63) is 239 Å². The molecule has 0 heterocycles. The lowest BCUT2D eigenvalue weighted by molar-refractivity contribution is 0.107. The van der Waals surface area contributed by atoms with Gasteiger partial charge in [0.25, 0.3) is 0 Å². The van der Waals surface area contributed by atoms with Crippen molar-refractivity contribution in [2.75, 3.05) is 7.11 Å². The van der Waals surface area contributed by atoms with Crippen LogP contribution >= 0.6 is 0 Å². The third-order valence-electron chi connectivity index (χ3n) is 10.9. The molecule has 8 aromatic rings. The summed E-state index contributed by atoms with van der Waals surface area (Å²) >= 11 is 0. The van der Waals surface area contributed by atoms with Gasteiger partial charge in [0.15, 0.2) is 0 Å². The van der Waals surface area contributed by atoms with Crippen LogP contribution in [0.3, 0.4) is 0 Å². The lowest BCUT2D eigenvalue weighted by atomic mass is 9.98. The van der Waals surface area contributed by atoms with Gasteiger partial charge in [-0.3, -0.25) is 0 Å². The fourth-order valence-corrected chi connectivity index (χ4v) is 7.32. The first kappa shape index (κ1) is 39.5. The summed E-state index contributed by atoms with van der Waals surface area (Å²) < 4.78 is 17.4. The zero-order valence-corrected chi connectivity index (χ0v) is 33.9. The predicted molar refractivity (Wildman–Crippen MR) is 243 cm³/mol. The van der Waals surface area contributed by atoms with E-state index in [0.717, 1.165) is 23.1 Å². The highest BCUT2D eigenvalue weighted by atomic mass is 16.5. The molecule has 0 saturated carbocycles. The fraction of sp³-hybridized carbons (Fsp3) is 0.143. The van der Waals surface area contributed by atoms with Crippen LogP contribution in [0.4, 0.5) is 0 Å². The normalized spacial score (nSPS) is 11.2. The smallest absolute Gasteiger partial charge is 0.0721 e. The van der Waals surface area contributed by atoms with Crippen LogP contribution in [0.25, 0.3) is 44.5 Å². The number of benzene rings is 8. The van der Waals surface area contributed by atoms with Gasteiger partial charge in [-0.1, -0.05) is 200 Å². The molecular weight excluding hydrogens is 721 g/mol. The standard InChI is InChI=1S/C56H50O3/c1-41-3-19-49(20-4-41)50-21-5-42(6-22-50)35-43-7-23-51(24-8-43)53-27-11-45(12-28-53)37-58-39-47-15-31-55(32-16-47)56-33-17-48(18-34-56)40-59-38-46-13-29-54(30-14-46)52-25-9-44(10-26-52)36-57-2/h3-34H,35-40H2,1-2H3. The first-order chi connectivity index (χ1) is 29.0. The summed E-state index contributed by atoms with van der Waals surface area (Å²) in [5, 5.41) is 0. The maximum absolute atomic E-state index is 6.11. The minimum atomic E-state index is 0.569. The highest BCUT2D eigenvalue weighted by Crippen LogP contribution is 2.26. The van der Waals surface area contributed by atoms with Crippen LogP contribution < -0.4 is 0 Å². The Kier molecular flexibility index (Phi) is 13.0. The van der Waals surface area contributed by atoms with Crippen LogP contribution in [0.1, 0.15) is 44.5 Å². The maximum atomic E-state index is 6.11. The molecule has 0 aliphatic carbocycles. The summed E-state index contributed by atoms with van der Waals surface area (Å²) in [6.45, 7) is 5.04. The molecule has 3 heteroatoms. The molecule has 0 aromatic heterocycles. The molecule has 0 aliphatic rings. The molecule has 0 radical (unpaired) electrons. The number of hydrogen-bond acceptors (Lipinski definition) is 3. The predicted octanol–water partition coefficient (Wildman–Crippen LogP) is 13.8. The summed E-state index contributed by atoms with van der Waals surface area (Å²) in [6, 6.07) is 69.7. The van der Waals surface area contributed by atoms with Gasteiger partial charge in [-0.05, 0) is 96.8 Å². The summed E-state index contributed by atoms with van der Waals surface area (Å²) in [5.74, 6) is 0. The number of ether oxygens (including phenoxy) is 3. The topological polar surface area (TPSA) is 27.7 Å². The van der Waals surface area contributed by atoms with Crippen LogP contribution in [0.15, 0.2) is 194 Å². The lowest BCUT2D eigenvalue weighted by Gasteiger charge is -2.09. The number of rotatable bonds is 16. The Balaban J connectivity index is 0.753. The molecule has 0 fully saturated rings. The summed E-state index contributed by atoms with van der Waals surface area (Å²) in [4.78, 5) is 0. The van der Waals surface area contributed by atoms with Crippen LogP contribution in [-0.4, -0.2) is 7.11 Å². The molecule has 0 N–H and O–H groups in total. The molecule has 0 saturated heterocycles. The van der Waals surface area contributed by atoms with Crippen molar-refractivity contribution in [1.82, 2.24) is 0 Å². The Hall–Kier alpha value is -6.36. The molecule has 292 valence electrons. The average molecular weight is 771 g/mol. The molecule has 0 aliphatic heterocycles. The van der Waals surface area contributed by atoms with E-state index >= 15 is 0 Å². The van der Waals surface area contributed by atoms with E-state index in [9.17, 15) is 0 Å². The maximum Gasteiger partial charge on any atom is 0.0721 e. The first-order valence-electron chi connectivity index (χ1n) is 20.4. The Morgan fingerprint density at radius 2 is 0.458 bits per heavy atom. The molecule has 0 spiro atoms. The van der Waals surface area contributed by atoms with Gasteiger partial charge in [0.1, 0.15) is 0 Å². The molecule has 0 amide bonds. The van der Waals surface area contributed by atoms with Gasteiger partial charge in [-0.15, -0.1) is 0 Å². The van der Waals surface area contributed by atoms with Crippen molar-refractivity contribution < 1.29 is 14.2 Å². The average Bonchev–Trinajstić information content (AvgIpc) is 3.29. The Morgan fingerprint density at radius 1 is 0.254 bits per heavy atom. The minimum absolute atomic E-state index is 0.569. The van der Waals surface area contributed by atoms with Gasteiger partial charge < -0.3 is 14.2 Å². The van der Waals surface area contributed by atoms with Crippen LogP contribution in [-0.2, 0) is 53.7 Å². The van der Waals surface area contributed by atoms with Crippen molar-refractivity contribution >= 4 is 0 Å². The van der Waals surface area contributed by atoms with Gasteiger partial charge in [0.05, 0.1) is 33.0 Å². The van der Waals surface area contributed by atoms with E-state index < -0.39 is 0 Å². The van der Waals surface area contributed by atoms with E-state index in [4.69, 9.17) is 14.2 Å². The third-order valence-corrected chi connectivity index (χ3v) is 10.9. The second-order valence-corrected chi connectivity index (χ2v) is 15.3. The van der Waals surface area contributed by atoms with Crippen LogP contribution in [0.5, 0.6) is 0 Å². The Bertz CT molecular complexity index is 2500. The Labute approximate surface area is 349 Å². The zero-order valence-electron chi connectivity index (χ0n) is 33.9. The fourth-order valence-electron chi connectivity index (χ4n) is 7.32. The minimum Gasteiger partial charge on any atom is -0.380 e. The van der Waals surface area contributed by atoms with E-state index in [0.29, 0.717) is 33.0 Å². The van der Waals surface area contributed by atoms with Crippen molar-refractivity contribution in [3.8, 4) is 44.5 Å². The number of hydrogen-bond donors (Lipinski definition) is 0.